The molecule has 1 aliphatic carbocycles. The first kappa shape index (κ1) is 12.3. The first-order chi connectivity index (χ1) is 6.89. The molecule has 4 heteroatoms. The molecule has 1 rings (SSSR count). The molecule has 1 saturated carbocycles. The molecule has 1 amide bonds. The summed E-state index contributed by atoms with van der Waals surface area (Å²) in [6, 6.07) is 0.305. The van der Waals surface area contributed by atoms with Crippen LogP contribution in [0.15, 0.2) is 0 Å². The van der Waals surface area contributed by atoms with Crippen molar-refractivity contribution in [3.8, 4) is 0 Å². The van der Waals surface area contributed by atoms with Crippen molar-refractivity contribution in [2.24, 2.45) is 11.3 Å². The van der Waals surface area contributed by atoms with Crippen LogP contribution in [0.5, 0.6) is 0 Å². The van der Waals surface area contributed by atoms with Crippen LogP contribution in [-0.2, 0) is 0 Å². The van der Waals surface area contributed by atoms with Gasteiger partial charge in [0.1, 0.15) is 0 Å². The molecule has 0 saturated heterocycles. The third-order valence-electron chi connectivity index (χ3n) is 3.34. The van der Waals surface area contributed by atoms with E-state index in [2.05, 4.69) is 31.6 Å². The summed E-state index contributed by atoms with van der Waals surface area (Å²) in [4.78, 5) is 10.3. The average Bonchev–Trinajstić information content (AvgIpc) is 2.14. The molecule has 1 aliphatic rings. The number of hydrogen-bond acceptors (Lipinski definition) is 2. The Morgan fingerprint density at radius 2 is 1.73 bits per heavy atom. The van der Waals surface area contributed by atoms with Gasteiger partial charge in [0.15, 0.2) is 0 Å². The summed E-state index contributed by atoms with van der Waals surface area (Å²) < 4.78 is 0. The third kappa shape index (κ3) is 4.08. The number of amides is 1. The predicted octanol–water partition coefficient (Wildman–Crippen LogP) is 2.36. The van der Waals surface area contributed by atoms with Crippen LogP contribution < -0.4 is 10.9 Å². The Bertz CT molecular complexity index is 215. The van der Waals surface area contributed by atoms with Crippen molar-refractivity contribution < 1.29 is 9.90 Å². The Hall–Kier alpha value is -0.770. The van der Waals surface area contributed by atoms with Gasteiger partial charge in [-0.1, -0.05) is 20.8 Å². The van der Waals surface area contributed by atoms with E-state index in [0.29, 0.717) is 11.5 Å². The number of hydrogen-bond donors (Lipinski definition) is 3. The minimum atomic E-state index is -1.01. The van der Waals surface area contributed by atoms with Crippen molar-refractivity contribution in [2.75, 3.05) is 0 Å². The number of hydrazine groups is 1. The monoisotopic (exact) mass is 214 g/mol. The van der Waals surface area contributed by atoms with Crippen LogP contribution in [0, 0.1) is 11.3 Å². The second-order valence-corrected chi connectivity index (χ2v) is 5.49. The second kappa shape index (κ2) is 4.84. The summed E-state index contributed by atoms with van der Waals surface area (Å²) in [5, 5.41) is 8.45. The molecule has 0 aromatic heterocycles. The molecule has 0 aromatic carbocycles. The van der Waals surface area contributed by atoms with Gasteiger partial charge in [-0.2, -0.15) is 0 Å². The Balaban J connectivity index is 2.27. The highest BCUT2D eigenvalue weighted by Crippen LogP contribution is 2.37. The zero-order valence-electron chi connectivity index (χ0n) is 9.84. The van der Waals surface area contributed by atoms with E-state index in [1.807, 2.05) is 0 Å². The Labute approximate surface area is 91.4 Å². The first-order valence-corrected chi connectivity index (χ1v) is 5.64. The maximum atomic E-state index is 10.3. The zero-order chi connectivity index (χ0) is 11.5. The fourth-order valence-corrected chi connectivity index (χ4v) is 2.27. The largest absolute Gasteiger partial charge is 0.464 e. The van der Waals surface area contributed by atoms with E-state index >= 15 is 0 Å². The molecule has 0 spiro atoms. The number of carboxylic acid groups (broad SMARTS) is 1. The minimum Gasteiger partial charge on any atom is -0.464 e. The minimum absolute atomic E-state index is 0.305. The van der Waals surface area contributed by atoms with Crippen molar-refractivity contribution in [1.82, 2.24) is 10.9 Å². The Morgan fingerprint density at radius 3 is 2.13 bits per heavy atom. The van der Waals surface area contributed by atoms with Crippen LogP contribution >= 0.6 is 0 Å². The number of rotatable bonds is 2. The first-order valence-electron chi connectivity index (χ1n) is 5.64. The normalized spacial score (nSPS) is 27.4. The smallest absolute Gasteiger partial charge is 0.419 e. The maximum Gasteiger partial charge on any atom is 0.419 e. The Morgan fingerprint density at radius 1 is 1.20 bits per heavy atom. The van der Waals surface area contributed by atoms with Crippen LogP contribution in [0.3, 0.4) is 0 Å². The standard InChI is InChI=1S/C11H22N2O2/c1-11(2,3)8-4-6-9(7-5-8)12-13-10(14)15/h8-9,12-13H,4-7H2,1-3H3,(H,14,15). The van der Waals surface area contributed by atoms with Crippen molar-refractivity contribution in [3.05, 3.63) is 0 Å². The van der Waals surface area contributed by atoms with Crippen LogP contribution in [0.2, 0.25) is 0 Å². The molecule has 0 aromatic rings. The lowest BCUT2D eigenvalue weighted by atomic mass is 9.71. The van der Waals surface area contributed by atoms with Gasteiger partial charge in [0, 0.05) is 6.04 Å². The van der Waals surface area contributed by atoms with E-state index in [4.69, 9.17) is 5.11 Å². The van der Waals surface area contributed by atoms with E-state index in [0.717, 1.165) is 18.8 Å². The number of nitrogens with one attached hydrogen (secondary N) is 2. The summed E-state index contributed by atoms with van der Waals surface area (Å²) in [5.41, 5.74) is 5.46. The molecular weight excluding hydrogens is 192 g/mol. The van der Waals surface area contributed by atoms with Gasteiger partial charge in [0.2, 0.25) is 0 Å². The average molecular weight is 214 g/mol. The van der Waals surface area contributed by atoms with Crippen molar-refractivity contribution in [3.63, 3.8) is 0 Å². The maximum absolute atomic E-state index is 10.3. The van der Waals surface area contributed by atoms with E-state index in [1.54, 1.807) is 0 Å². The third-order valence-corrected chi connectivity index (χ3v) is 3.34. The summed E-state index contributed by atoms with van der Waals surface area (Å²) in [6.45, 7) is 6.84. The van der Waals surface area contributed by atoms with Crippen LogP contribution in [0.25, 0.3) is 0 Å². The van der Waals surface area contributed by atoms with Crippen LogP contribution in [0.4, 0.5) is 4.79 Å². The molecule has 15 heavy (non-hydrogen) atoms. The highest BCUT2D eigenvalue weighted by molar-refractivity contribution is 5.63. The topological polar surface area (TPSA) is 61.4 Å². The molecule has 1 fully saturated rings. The summed E-state index contributed by atoms with van der Waals surface area (Å²) in [7, 11) is 0. The summed E-state index contributed by atoms with van der Waals surface area (Å²) in [5.74, 6) is 0.764. The lowest BCUT2D eigenvalue weighted by molar-refractivity contribution is 0.148. The van der Waals surface area contributed by atoms with E-state index in [-0.39, 0.29) is 0 Å². The molecule has 0 aliphatic heterocycles. The highest BCUT2D eigenvalue weighted by Gasteiger charge is 2.29. The number of carbonyl (C=O) groups is 1. The Kier molecular flexibility index (Phi) is 3.97. The van der Waals surface area contributed by atoms with Gasteiger partial charge in [-0.25, -0.2) is 10.2 Å². The van der Waals surface area contributed by atoms with Gasteiger partial charge >= 0.3 is 6.09 Å². The fraction of sp³-hybridized carbons (Fsp3) is 0.909. The molecule has 0 atom stereocenters. The van der Waals surface area contributed by atoms with Crippen LogP contribution in [0.1, 0.15) is 46.5 Å². The van der Waals surface area contributed by atoms with Gasteiger partial charge < -0.3 is 5.11 Å². The molecule has 4 nitrogen and oxygen atoms in total. The molecule has 88 valence electrons. The summed E-state index contributed by atoms with van der Waals surface area (Å²) >= 11 is 0. The van der Waals surface area contributed by atoms with Crippen molar-refractivity contribution >= 4 is 6.09 Å². The van der Waals surface area contributed by atoms with Crippen molar-refractivity contribution in [1.29, 1.82) is 0 Å². The fourth-order valence-electron chi connectivity index (χ4n) is 2.27. The molecule has 0 radical (unpaired) electrons. The van der Waals surface area contributed by atoms with E-state index < -0.39 is 6.09 Å². The van der Waals surface area contributed by atoms with Gasteiger partial charge in [0.25, 0.3) is 0 Å². The van der Waals surface area contributed by atoms with Gasteiger partial charge in [-0.05, 0) is 37.0 Å². The van der Waals surface area contributed by atoms with Gasteiger partial charge in [-0.3, -0.25) is 5.43 Å². The highest BCUT2D eigenvalue weighted by atomic mass is 16.4. The quantitative estimate of drug-likeness (QED) is 0.618. The molecule has 3 N–H and O–H groups in total. The molecule has 0 unspecified atom stereocenters. The van der Waals surface area contributed by atoms with E-state index in [1.165, 1.54) is 12.8 Å². The zero-order valence-corrected chi connectivity index (χ0v) is 9.84. The predicted molar refractivity (Wildman–Crippen MR) is 59.5 cm³/mol. The SMILES string of the molecule is CC(C)(C)C1CCC(NNC(=O)O)CC1. The van der Waals surface area contributed by atoms with Crippen molar-refractivity contribution in [2.45, 2.75) is 52.5 Å². The molecule has 0 heterocycles. The molecule has 0 bridgehead atoms. The second-order valence-electron chi connectivity index (χ2n) is 5.49. The van der Waals surface area contributed by atoms with Gasteiger partial charge in [0.05, 0.1) is 0 Å². The van der Waals surface area contributed by atoms with Gasteiger partial charge in [-0.15, -0.1) is 0 Å². The van der Waals surface area contributed by atoms with Crippen LogP contribution in [-0.4, -0.2) is 17.2 Å². The molecular formula is C11H22N2O2. The van der Waals surface area contributed by atoms with E-state index in [9.17, 15) is 4.79 Å². The summed E-state index contributed by atoms with van der Waals surface area (Å²) in [6.07, 6.45) is 3.47. The lowest BCUT2D eigenvalue weighted by Crippen LogP contribution is -2.45. The lowest BCUT2D eigenvalue weighted by Gasteiger charge is -2.37.